The Hall–Kier alpha value is -3.08. The number of hydrogen-bond acceptors (Lipinski definition) is 6. The minimum Gasteiger partial charge on any atom is -0.446 e. The predicted molar refractivity (Wildman–Crippen MR) is 115 cm³/mol. The molecule has 0 saturated heterocycles. The van der Waals surface area contributed by atoms with Crippen LogP contribution in [0.2, 0.25) is 0 Å². The van der Waals surface area contributed by atoms with E-state index in [1.54, 1.807) is 12.3 Å². The van der Waals surface area contributed by atoms with Crippen LogP contribution in [0.15, 0.2) is 24.4 Å². The maximum atomic E-state index is 11.9. The van der Waals surface area contributed by atoms with Crippen LogP contribution in [0.1, 0.15) is 71.2 Å². The van der Waals surface area contributed by atoms with Crippen LogP contribution in [-0.4, -0.2) is 33.0 Å². The summed E-state index contributed by atoms with van der Waals surface area (Å²) in [5.74, 6) is 1.11. The molecule has 8 nitrogen and oxygen atoms in total. The second-order valence-corrected chi connectivity index (χ2v) is 9.04. The summed E-state index contributed by atoms with van der Waals surface area (Å²) in [6.07, 6.45) is 3.73. The van der Waals surface area contributed by atoms with Gasteiger partial charge >= 0.3 is 6.09 Å². The zero-order valence-electron chi connectivity index (χ0n) is 18.3. The van der Waals surface area contributed by atoms with E-state index in [1.807, 2.05) is 30.7 Å². The third-order valence-corrected chi connectivity index (χ3v) is 5.00. The predicted octanol–water partition coefficient (Wildman–Crippen LogP) is 4.42. The van der Waals surface area contributed by atoms with Crippen LogP contribution in [0.5, 0.6) is 0 Å². The van der Waals surface area contributed by atoms with E-state index in [0.29, 0.717) is 5.69 Å². The van der Waals surface area contributed by atoms with Crippen molar-refractivity contribution in [2.45, 2.75) is 77.5 Å². The first-order chi connectivity index (χ1) is 14.2. The number of amides is 1. The van der Waals surface area contributed by atoms with Crippen molar-refractivity contribution in [1.29, 1.82) is 5.26 Å². The first-order valence-corrected chi connectivity index (χ1v) is 10.4. The van der Waals surface area contributed by atoms with Crippen molar-refractivity contribution in [3.8, 4) is 6.07 Å². The van der Waals surface area contributed by atoms with Crippen LogP contribution in [0.3, 0.4) is 0 Å². The lowest BCUT2D eigenvalue weighted by Gasteiger charge is -2.22. The fourth-order valence-corrected chi connectivity index (χ4v) is 3.62. The van der Waals surface area contributed by atoms with E-state index in [-0.39, 0.29) is 29.7 Å². The molecule has 2 aromatic rings. The Balaban J connectivity index is 1.74. The Bertz CT molecular complexity index is 921. The van der Waals surface area contributed by atoms with Crippen molar-refractivity contribution >= 4 is 17.6 Å². The van der Waals surface area contributed by atoms with Crippen molar-refractivity contribution < 1.29 is 9.53 Å². The number of ether oxygens (including phenoxy) is 1. The lowest BCUT2D eigenvalue weighted by molar-refractivity contribution is 0.0981. The number of nitrogens with one attached hydrogen (secondary N) is 2. The van der Waals surface area contributed by atoms with Crippen molar-refractivity contribution in [2.24, 2.45) is 0 Å². The molecule has 1 fully saturated rings. The molecule has 0 aliphatic heterocycles. The maximum Gasteiger partial charge on any atom is 0.407 e. The Morgan fingerprint density at radius 2 is 2.10 bits per heavy atom. The highest BCUT2D eigenvalue weighted by Gasteiger charge is 2.32. The summed E-state index contributed by atoms with van der Waals surface area (Å²) in [5.41, 5.74) is 1.95. The average Bonchev–Trinajstić information content (AvgIpc) is 3.28. The van der Waals surface area contributed by atoms with Crippen molar-refractivity contribution in [2.75, 3.05) is 5.32 Å². The van der Waals surface area contributed by atoms with Crippen LogP contribution >= 0.6 is 0 Å². The highest BCUT2D eigenvalue weighted by Crippen LogP contribution is 2.37. The molecule has 0 radical (unpaired) electrons. The zero-order valence-corrected chi connectivity index (χ0v) is 18.3. The van der Waals surface area contributed by atoms with Gasteiger partial charge in [-0.25, -0.2) is 14.5 Å². The fraction of sp³-hybridized carbons (Fsp3) is 0.545. The van der Waals surface area contributed by atoms with Gasteiger partial charge in [-0.2, -0.15) is 10.4 Å². The van der Waals surface area contributed by atoms with Gasteiger partial charge in [0.25, 0.3) is 0 Å². The third-order valence-electron chi connectivity index (χ3n) is 5.00. The number of rotatable bonds is 5. The maximum absolute atomic E-state index is 11.9. The van der Waals surface area contributed by atoms with Gasteiger partial charge in [-0.05, 0) is 66.0 Å². The molecule has 160 valence electrons. The number of pyridine rings is 1. The molecule has 30 heavy (non-hydrogen) atoms. The average molecular weight is 411 g/mol. The summed E-state index contributed by atoms with van der Waals surface area (Å²) in [5, 5.41) is 20.0. The largest absolute Gasteiger partial charge is 0.446 e. The number of alkyl carbamates (subject to hydrolysis) is 1. The summed E-state index contributed by atoms with van der Waals surface area (Å²) in [6.45, 7) is 10.1. The lowest BCUT2D eigenvalue weighted by Crippen LogP contribution is -2.33. The van der Waals surface area contributed by atoms with Gasteiger partial charge in [0.15, 0.2) is 0 Å². The van der Waals surface area contributed by atoms with E-state index in [0.717, 1.165) is 36.5 Å². The lowest BCUT2D eigenvalue weighted by atomic mass is 10.0. The van der Waals surface area contributed by atoms with Gasteiger partial charge in [-0.15, -0.1) is 0 Å². The summed E-state index contributed by atoms with van der Waals surface area (Å²) >= 11 is 0. The van der Waals surface area contributed by atoms with E-state index in [4.69, 9.17) is 15.1 Å². The van der Waals surface area contributed by atoms with Gasteiger partial charge in [0.2, 0.25) is 0 Å². The molecule has 8 heteroatoms. The Kier molecular flexibility index (Phi) is 6.30. The van der Waals surface area contributed by atoms with E-state index in [9.17, 15) is 4.79 Å². The van der Waals surface area contributed by atoms with Crippen LogP contribution in [0, 0.1) is 11.3 Å². The number of nitrogens with zero attached hydrogens (tertiary/aromatic N) is 4. The molecule has 2 aromatic heterocycles. The first kappa shape index (κ1) is 21.6. The minimum absolute atomic E-state index is 0.0579. The van der Waals surface area contributed by atoms with E-state index in [1.165, 1.54) is 0 Å². The fourth-order valence-electron chi connectivity index (χ4n) is 3.62. The molecule has 2 atom stereocenters. The Morgan fingerprint density at radius 1 is 1.33 bits per heavy atom. The highest BCUT2D eigenvalue weighted by atomic mass is 16.6. The zero-order chi connectivity index (χ0) is 21.9. The summed E-state index contributed by atoms with van der Waals surface area (Å²) < 4.78 is 7.53. The van der Waals surface area contributed by atoms with Crippen LogP contribution in [0.25, 0.3) is 0 Å². The summed E-state index contributed by atoms with van der Waals surface area (Å²) in [7, 11) is 0. The molecule has 0 aromatic carbocycles. The first-order valence-electron chi connectivity index (χ1n) is 10.4. The summed E-state index contributed by atoms with van der Waals surface area (Å²) in [4.78, 5) is 16.0. The number of anilines is 2. The molecule has 1 aliphatic rings. The number of hydrogen-bond donors (Lipinski definition) is 2. The quantitative estimate of drug-likeness (QED) is 0.756. The van der Waals surface area contributed by atoms with Crippen LogP contribution < -0.4 is 10.6 Å². The number of carbonyl (C=O) groups excluding carboxylic acids is 1. The molecule has 0 bridgehead atoms. The van der Waals surface area contributed by atoms with Crippen molar-refractivity contribution in [3.63, 3.8) is 0 Å². The van der Waals surface area contributed by atoms with Gasteiger partial charge in [0.05, 0.1) is 23.1 Å². The number of aromatic nitrogens is 3. The van der Waals surface area contributed by atoms with Gasteiger partial charge in [-0.1, -0.05) is 0 Å². The second-order valence-electron chi connectivity index (χ2n) is 9.04. The van der Waals surface area contributed by atoms with Crippen LogP contribution in [-0.2, 0) is 10.3 Å². The SMILES string of the molecule is CC(C)NC(=O)O[C@@H]1CC[C@H](c2cc(Nc3ccc(C#N)nc3)n(C(C)(C)C)n2)C1. The topological polar surface area (TPSA) is 105 Å². The normalized spacial score (nSPS) is 18.8. The van der Waals surface area contributed by atoms with E-state index < -0.39 is 0 Å². The van der Waals surface area contributed by atoms with Crippen molar-refractivity contribution in [3.05, 3.63) is 35.8 Å². The van der Waals surface area contributed by atoms with Gasteiger partial charge < -0.3 is 15.4 Å². The smallest absolute Gasteiger partial charge is 0.407 e. The Labute approximate surface area is 177 Å². The van der Waals surface area contributed by atoms with Gasteiger partial charge in [-0.3, -0.25) is 0 Å². The van der Waals surface area contributed by atoms with E-state index in [2.05, 4.69) is 42.5 Å². The standard InChI is InChI=1S/C22H30N6O2/c1-14(2)25-21(29)30-18-9-6-15(10-18)19-11-20(28(27-19)22(3,4)5)26-17-8-7-16(12-23)24-13-17/h7-8,11,13-15,18,26H,6,9-10H2,1-5H3,(H,25,29)/t15-,18+/m0/s1. The molecule has 3 rings (SSSR count). The van der Waals surface area contributed by atoms with Gasteiger partial charge in [0.1, 0.15) is 23.7 Å². The molecule has 1 amide bonds. The molecule has 2 N–H and O–H groups in total. The Morgan fingerprint density at radius 3 is 2.70 bits per heavy atom. The van der Waals surface area contributed by atoms with E-state index >= 15 is 0 Å². The monoisotopic (exact) mass is 410 g/mol. The molecular weight excluding hydrogens is 380 g/mol. The van der Waals surface area contributed by atoms with Crippen LogP contribution in [0.4, 0.5) is 16.3 Å². The molecule has 1 aliphatic carbocycles. The molecule has 2 heterocycles. The second kappa shape index (κ2) is 8.74. The molecule has 0 spiro atoms. The number of nitriles is 1. The highest BCUT2D eigenvalue weighted by molar-refractivity contribution is 5.67. The third kappa shape index (κ3) is 5.29. The molecular formula is C22H30N6O2. The molecule has 0 unspecified atom stereocenters. The van der Waals surface area contributed by atoms with Gasteiger partial charge in [0, 0.05) is 18.0 Å². The summed E-state index contributed by atoms with van der Waals surface area (Å²) in [6, 6.07) is 7.66. The molecule has 1 saturated carbocycles. The van der Waals surface area contributed by atoms with Crippen molar-refractivity contribution in [1.82, 2.24) is 20.1 Å². The number of carbonyl (C=O) groups is 1. The minimum atomic E-state index is -0.355.